The highest BCUT2D eigenvalue weighted by molar-refractivity contribution is 5.31. The Morgan fingerprint density at radius 3 is 2.06 bits per heavy atom. The first-order valence-corrected chi connectivity index (χ1v) is 13.4. The number of ether oxygens (including phenoxy) is 1. The van der Waals surface area contributed by atoms with E-state index < -0.39 is 11.6 Å². The maximum atomic E-state index is 14.9. The first-order chi connectivity index (χ1) is 16.5. The van der Waals surface area contributed by atoms with Crippen molar-refractivity contribution in [2.45, 2.75) is 95.5 Å². The Morgan fingerprint density at radius 2 is 1.41 bits per heavy atom. The fourth-order valence-corrected chi connectivity index (χ4v) is 6.42. The van der Waals surface area contributed by atoms with Crippen LogP contribution in [-0.4, -0.2) is 6.61 Å². The van der Waals surface area contributed by atoms with E-state index in [1.807, 2.05) is 18.2 Å². The summed E-state index contributed by atoms with van der Waals surface area (Å²) in [5.74, 6) is 0.429. The smallest absolute Gasteiger partial charge is 0.162 e. The molecule has 0 spiro atoms. The third kappa shape index (κ3) is 5.22. The summed E-state index contributed by atoms with van der Waals surface area (Å²) < 4.78 is 49.4. The van der Waals surface area contributed by atoms with Gasteiger partial charge in [-0.25, -0.2) is 13.2 Å². The van der Waals surface area contributed by atoms with Crippen LogP contribution in [0.15, 0.2) is 30.3 Å². The molecule has 3 aliphatic rings. The summed E-state index contributed by atoms with van der Waals surface area (Å²) in [5.41, 5.74) is 2.86. The maximum absolute atomic E-state index is 14.9. The molecule has 0 N–H and O–H groups in total. The van der Waals surface area contributed by atoms with E-state index in [2.05, 4.69) is 13.0 Å². The number of benzene rings is 2. The molecule has 5 rings (SSSR count). The molecule has 1 aliphatic heterocycles. The van der Waals surface area contributed by atoms with Crippen molar-refractivity contribution in [3.63, 3.8) is 0 Å². The molecule has 2 aromatic carbocycles. The van der Waals surface area contributed by atoms with Crippen LogP contribution < -0.4 is 0 Å². The highest BCUT2D eigenvalue weighted by atomic mass is 19.2. The molecule has 184 valence electrons. The van der Waals surface area contributed by atoms with E-state index in [4.69, 9.17) is 4.74 Å². The topological polar surface area (TPSA) is 12.5 Å². The first kappa shape index (κ1) is 23.9. The monoisotopic (exact) mass is 470 g/mol. The first-order valence-electron chi connectivity index (χ1n) is 13.4. The number of hydrogen-bond donors (Lipinski definition) is 0. The molecule has 2 aromatic rings. The van der Waals surface area contributed by atoms with Crippen LogP contribution >= 0.6 is 0 Å². The second-order valence-corrected chi connectivity index (χ2v) is 10.9. The molecule has 0 amide bonds. The lowest BCUT2D eigenvalue weighted by Crippen LogP contribution is -2.16. The summed E-state index contributed by atoms with van der Waals surface area (Å²) in [5, 5.41) is 0. The molecular formula is C30H37F3O. The van der Waals surface area contributed by atoms with E-state index in [0.29, 0.717) is 41.6 Å². The fraction of sp³-hybridized carbons (Fsp3) is 0.600. The molecule has 0 radical (unpaired) electrons. The minimum atomic E-state index is -0.626. The number of aryl methyl sites for hydroxylation is 1. The van der Waals surface area contributed by atoms with E-state index in [1.165, 1.54) is 6.42 Å². The van der Waals surface area contributed by atoms with Crippen LogP contribution in [0.1, 0.15) is 111 Å². The minimum absolute atomic E-state index is 0.0554. The van der Waals surface area contributed by atoms with Crippen LogP contribution in [0.5, 0.6) is 0 Å². The number of epoxide rings is 1. The fourth-order valence-electron chi connectivity index (χ4n) is 6.42. The predicted octanol–water partition coefficient (Wildman–Crippen LogP) is 8.77. The Bertz CT molecular complexity index is 983. The molecule has 3 fully saturated rings. The van der Waals surface area contributed by atoms with Crippen molar-refractivity contribution in [3.05, 3.63) is 70.0 Å². The Balaban J connectivity index is 1.13. The van der Waals surface area contributed by atoms with Gasteiger partial charge in [0.2, 0.25) is 0 Å². The van der Waals surface area contributed by atoms with Crippen molar-refractivity contribution >= 4 is 0 Å². The van der Waals surface area contributed by atoms with Gasteiger partial charge in [-0.15, -0.1) is 0 Å². The van der Waals surface area contributed by atoms with E-state index in [-0.39, 0.29) is 17.8 Å². The van der Waals surface area contributed by atoms with Gasteiger partial charge in [-0.1, -0.05) is 37.6 Å². The third-order valence-corrected chi connectivity index (χ3v) is 8.90. The van der Waals surface area contributed by atoms with Gasteiger partial charge >= 0.3 is 0 Å². The Hall–Kier alpha value is -1.81. The zero-order valence-corrected chi connectivity index (χ0v) is 20.3. The van der Waals surface area contributed by atoms with Gasteiger partial charge in [-0.3, -0.25) is 0 Å². The summed E-state index contributed by atoms with van der Waals surface area (Å²) >= 11 is 0. The highest BCUT2D eigenvalue weighted by Gasteiger charge is 2.30. The molecule has 0 bridgehead atoms. The average molecular weight is 471 g/mol. The Morgan fingerprint density at radius 1 is 0.765 bits per heavy atom. The molecule has 34 heavy (non-hydrogen) atoms. The maximum Gasteiger partial charge on any atom is 0.162 e. The molecule has 1 atom stereocenters. The average Bonchev–Trinajstić information content (AvgIpc) is 3.71. The quantitative estimate of drug-likeness (QED) is 0.368. The molecule has 1 saturated heterocycles. The number of rotatable bonds is 7. The van der Waals surface area contributed by atoms with Gasteiger partial charge in [0.05, 0.1) is 6.61 Å². The lowest BCUT2D eigenvalue weighted by atomic mass is 9.76. The standard InChI is InChI=1S/C30H37F3O/c1-2-19-3-10-22(11-4-19)25-15-13-23(29(32)30(25)33)12-7-20-5-8-21(9-6-20)24-14-16-26(27(31)17-24)28-18-34-28/h13-17,19-22,28H,2-12,18H2,1H3. The zero-order chi connectivity index (χ0) is 23.7. The molecule has 2 aliphatic carbocycles. The summed E-state index contributed by atoms with van der Waals surface area (Å²) in [4.78, 5) is 0. The number of hydrogen-bond acceptors (Lipinski definition) is 1. The Kier molecular flexibility index (Phi) is 7.34. The van der Waals surface area contributed by atoms with Gasteiger partial charge in [-0.05, 0) is 111 Å². The lowest BCUT2D eigenvalue weighted by Gasteiger charge is -2.29. The summed E-state index contributed by atoms with van der Waals surface area (Å²) in [7, 11) is 0. The van der Waals surface area contributed by atoms with Gasteiger partial charge in [0.1, 0.15) is 11.9 Å². The van der Waals surface area contributed by atoms with Crippen molar-refractivity contribution in [1.82, 2.24) is 0 Å². The van der Waals surface area contributed by atoms with Crippen LogP contribution in [0.2, 0.25) is 0 Å². The van der Waals surface area contributed by atoms with Crippen molar-refractivity contribution in [2.75, 3.05) is 6.61 Å². The van der Waals surface area contributed by atoms with Crippen molar-refractivity contribution in [3.8, 4) is 0 Å². The molecule has 1 nitrogen and oxygen atoms in total. The molecule has 2 saturated carbocycles. The molecule has 4 heteroatoms. The normalized spacial score (nSPS) is 29.2. The van der Waals surface area contributed by atoms with Gasteiger partial charge in [0, 0.05) is 5.56 Å². The minimum Gasteiger partial charge on any atom is -0.368 e. The summed E-state index contributed by atoms with van der Waals surface area (Å²) in [6.07, 6.45) is 11.0. The van der Waals surface area contributed by atoms with Crippen molar-refractivity contribution < 1.29 is 17.9 Å². The van der Waals surface area contributed by atoms with Crippen LogP contribution in [0.25, 0.3) is 0 Å². The van der Waals surface area contributed by atoms with E-state index in [1.54, 1.807) is 6.07 Å². The van der Waals surface area contributed by atoms with Gasteiger partial charge in [0.15, 0.2) is 11.6 Å². The van der Waals surface area contributed by atoms with Crippen molar-refractivity contribution in [2.24, 2.45) is 11.8 Å². The van der Waals surface area contributed by atoms with Gasteiger partial charge in [-0.2, -0.15) is 0 Å². The van der Waals surface area contributed by atoms with E-state index >= 15 is 0 Å². The third-order valence-electron chi connectivity index (χ3n) is 8.90. The summed E-state index contributed by atoms with van der Waals surface area (Å²) in [6, 6.07) is 9.31. The van der Waals surface area contributed by atoms with Crippen LogP contribution in [-0.2, 0) is 11.2 Å². The summed E-state index contributed by atoms with van der Waals surface area (Å²) in [6.45, 7) is 2.84. The predicted molar refractivity (Wildman–Crippen MR) is 129 cm³/mol. The van der Waals surface area contributed by atoms with Crippen LogP contribution in [0, 0.1) is 29.3 Å². The zero-order valence-electron chi connectivity index (χ0n) is 20.3. The van der Waals surface area contributed by atoms with Crippen LogP contribution in [0.4, 0.5) is 13.2 Å². The SMILES string of the molecule is CCC1CCC(c2ccc(CCC3CCC(c4ccc(C5CO5)c(F)c4)CC3)c(F)c2F)CC1. The molecular weight excluding hydrogens is 433 g/mol. The largest absolute Gasteiger partial charge is 0.368 e. The van der Waals surface area contributed by atoms with E-state index in [0.717, 1.165) is 69.3 Å². The van der Waals surface area contributed by atoms with Gasteiger partial charge in [0.25, 0.3) is 0 Å². The highest BCUT2D eigenvalue weighted by Crippen LogP contribution is 2.41. The van der Waals surface area contributed by atoms with Gasteiger partial charge < -0.3 is 4.74 Å². The molecule has 1 unspecified atom stereocenters. The van der Waals surface area contributed by atoms with E-state index in [9.17, 15) is 13.2 Å². The second kappa shape index (κ2) is 10.4. The number of halogens is 3. The lowest BCUT2D eigenvalue weighted by molar-refractivity contribution is 0.307. The van der Waals surface area contributed by atoms with Crippen molar-refractivity contribution in [1.29, 1.82) is 0 Å². The molecule has 1 heterocycles. The second-order valence-electron chi connectivity index (χ2n) is 10.9. The van der Waals surface area contributed by atoms with Crippen LogP contribution in [0.3, 0.4) is 0 Å². The molecule has 0 aromatic heterocycles. The Labute approximate surface area is 202 Å².